The molecule has 2 rings (SSSR count). The summed E-state index contributed by atoms with van der Waals surface area (Å²) in [4.78, 5) is 23.5. The van der Waals surface area contributed by atoms with Crippen molar-refractivity contribution >= 4 is 23.7 Å². The highest BCUT2D eigenvalue weighted by Gasteiger charge is 2.20. The summed E-state index contributed by atoms with van der Waals surface area (Å²) in [7, 11) is 0. The smallest absolute Gasteiger partial charge is 0.407 e. The average molecular weight is 464 g/mol. The minimum atomic E-state index is -1.01. The Balaban J connectivity index is 1.85. The van der Waals surface area contributed by atoms with Crippen LogP contribution in [-0.4, -0.2) is 36.0 Å². The molecular weight excluding hydrogens is 434 g/mol. The van der Waals surface area contributed by atoms with Gasteiger partial charge >= 0.3 is 12.1 Å². The summed E-state index contributed by atoms with van der Waals surface area (Å²) in [5, 5.41) is 12.5. The van der Waals surface area contributed by atoms with Crippen molar-refractivity contribution in [3.05, 3.63) is 64.2 Å². The van der Waals surface area contributed by atoms with Crippen molar-refractivity contribution in [3.8, 4) is 5.75 Å². The van der Waals surface area contributed by atoms with Crippen LogP contribution in [0, 0.1) is 0 Å². The first kappa shape index (κ1) is 25.5. The van der Waals surface area contributed by atoms with Gasteiger partial charge in [0.2, 0.25) is 0 Å². The minimum Gasteiger partial charge on any atom is -0.494 e. The number of halogens is 1. The zero-order valence-corrected chi connectivity index (χ0v) is 19.4. The van der Waals surface area contributed by atoms with E-state index < -0.39 is 18.2 Å². The SMILES string of the molecule is CCCOc1ccc(COC(=O)NCc2cccc(CC(OC(C)C)C(=O)O)c2)c(Cl)c1. The fraction of sp³-hybridized carbons (Fsp3) is 0.417. The van der Waals surface area contributed by atoms with Crippen LogP contribution in [0.15, 0.2) is 42.5 Å². The molecule has 1 amide bonds. The van der Waals surface area contributed by atoms with Gasteiger partial charge in [-0.05, 0) is 43.5 Å². The van der Waals surface area contributed by atoms with Crippen molar-refractivity contribution in [2.24, 2.45) is 0 Å². The van der Waals surface area contributed by atoms with E-state index in [0.29, 0.717) is 22.9 Å². The Labute approximate surface area is 193 Å². The standard InChI is InChI=1S/C24H30ClNO6/c1-4-10-30-20-9-8-19(21(25)13-20)15-31-24(29)26-14-18-7-5-6-17(11-18)12-22(23(27)28)32-16(2)3/h5-9,11,13,16,22H,4,10,12,14-15H2,1-3H3,(H,26,29)(H,27,28). The van der Waals surface area contributed by atoms with Crippen molar-refractivity contribution in [3.63, 3.8) is 0 Å². The predicted octanol–water partition coefficient (Wildman–Crippen LogP) is 4.98. The number of carbonyl (C=O) groups is 2. The molecule has 174 valence electrons. The van der Waals surface area contributed by atoms with Crippen molar-refractivity contribution in [2.45, 2.75) is 59.0 Å². The summed E-state index contributed by atoms with van der Waals surface area (Å²) in [6.45, 7) is 6.50. The Morgan fingerprint density at radius 3 is 2.53 bits per heavy atom. The lowest BCUT2D eigenvalue weighted by Crippen LogP contribution is -2.29. The van der Waals surface area contributed by atoms with E-state index in [1.807, 2.05) is 31.2 Å². The highest BCUT2D eigenvalue weighted by molar-refractivity contribution is 6.31. The second-order valence-corrected chi connectivity index (χ2v) is 7.97. The van der Waals surface area contributed by atoms with E-state index in [2.05, 4.69) is 5.32 Å². The maximum Gasteiger partial charge on any atom is 0.407 e. The summed E-state index contributed by atoms with van der Waals surface area (Å²) in [5.74, 6) is -0.330. The van der Waals surface area contributed by atoms with Crippen molar-refractivity contribution in [1.29, 1.82) is 0 Å². The topological polar surface area (TPSA) is 94.1 Å². The number of ether oxygens (including phenoxy) is 3. The van der Waals surface area contributed by atoms with Gasteiger partial charge in [-0.25, -0.2) is 9.59 Å². The van der Waals surface area contributed by atoms with Crippen LogP contribution in [0.1, 0.15) is 43.9 Å². The Kier molecular flexibility index (Phi) is 10.3. The molecule has 0 aliphatic carbocycles. The Bertz CT molecular complexity index is 902. The molecule has 0 saturated heterocycles. The molecule has 0 aliphatic heterocycles. The summed E-state index contributed by atoms with van der Waals surface area (Å²) in [6.07, 6.45) is -0.556. The number of alkyl carbamates (subject to hydrolysis) is 1. The van der Waals surface area contributed by atoms with E-state index >= 15 is 0 Å². The van der Waals surface area contributed by atoms with Crippen molar-refractivity contribution in [1.82, 2.24) is 5.32 Å². The minimum absolute atomic E-state index is 0.0333. The van der Waals surface area contributed by atoms with E-state index in [4.69, 9.17) is 25.8 Å². The number of nitrogens with one attached hydrogen (secondary N) is 1. The third kappa shape index (κ3) is 8.77. The number of benzene rings is 2. The maximum absolute atomic E-state index is 12.1. The summed E-state index contributed by atoms with van der Waals surface area (Å²) in [6, 6.07) is 12.6. The van der Waals surface area contributed by atoms with Gasteiger partial charge in [-0.3, -0.25) is 0 Å². The van der Waals surface area contributed by atoms with Crippen LogP contribution < -0.4 is 10.1 Å². The molecule has 0 fully saturated rings. The Morgan fingerprint density at radius 2 is 1.88 bits per heavy atom. The molecule has 1 unspecified atom stereocenters. The van der Waals surface area contributed by atoms with E-state index in [0.717, 1.165) is 17.5 Å². The highest BCUT2D eigenvalue weighted by atomic mass is 35.5. The van der Waals surface area contributed by atoms with Crippen LogP contribution in [0.3, 0.4) is 0 Å². The van der Waals surface area contributed by atoms with Gasteiger partial charge in [0.25, 0.3) is 0 Å². The van der Waals surface area contributed by atoms with Gasteiger partial charge in [-0.1, -0.05) is 48.9 Å². The lowest BCUT2D eigenvalue weighted by Gasteiger charge is -2.17. The molecule has 0 aromatic heterocycles. The number of carbonyl (C=O) groups excluding carboxylic acids is 1. The number of rotatable bonds is 12. The van der Waals surface area contributed by atoms with E-state index in [1.54, 1.807) is 32.0 Å². The Hall–Kier alpha value is -2.77. The molecule has 0 aliphatic rings. The second kappa shape index (κ2) is 12.9. The number of hydrogen-bond acceptors (Lipinski definition) is 5. The number of carboxylic acid groups (broad SMARTS) is 1. The fourth-order valence-electron chi connectivity index (χ4n) is 2.93. The molecule has 2 N–H and O–H groups in total. The summed E-state index contributed by atoms with van der Waals surface area (Å²) in [5.41, 5.74) is 2.31. The third-order valence-electron chi connectivity index (χ3n) is 4.42. The zero-order valence-electron chi connectivity index (χ0n) is 18.6. The monoisotopic (exact) mass is 463 g/mol. The van der Waals surface area contributed by atoms with Crippen molar-refractivity contribution < 1.29 is 28.9 Å². The van der Waals surface area contributed by atoms with E-state index in [1.165, 1.54) is 0 Å². The molecule has 0 heterocycles. The molecule has 0 spiro atoms. The van der Waals surface area contributed by atoms with Crippen LogP contribution in [0.2, 0.25) is 5.02 Å². The normalized spacial score (nSPS) is 11.8. The predicted molar refractivity (Wildman–Crippen MR) is 122 cm³/mol. The van der Waals surface area contributed by atoms with Crippen molar-refractivity contribution in [2.75, 3.05) is 6.61 Å². The van der Waals surface area contributed by atoms with Gasteiger partial charge in [0.1, 0.15) is 12.4 Å². The molecule has 1 atom stereocenters. The quantitative estimate of drug-likeness (QED) is 0.461. The molecule has 8 heteroatoms. The largest absolute Gasteiger partial charge is 0.494 e. The molecule has 0 radical (unpaired) electrons. The summed E-state index contributed by atoms with van der Waals surface area (Å²) < 4.78 is 16.2. The number of carboxylic acids is 1. The molecule has 2 aromatic carbocycles. The van der Waals surface area contributed by atoms with Gasteiger partial charge < -0.3 is 24.6 Å². The van der Waals surface area contributed by atoms with E-state index in [9.17, 15) is 14.7 Å². The maximum atomic E-state index is 12.1. The number of aliphatic carboxylic acids is 1. The first-order valence-electron chi connectivity index (χ1n) is 10.6. The first-order chi connectivity index (χ1) is 15.3. The zero-order chi connectivity index (χ0) is 23.5. The third-order valence-corrected chi connectivity index (χ3v) is 4.77. The molecule has 0 saturated carbocycles. The van der Waals surface area contributed by atoms with Gasteiger partial charge in [-0.15, -0.1) is 0 Å². The van der Waals surface area contributed by atoms with Gasteiger partial charge in [0.15, 0.2) is 6.10 Å². The summed E-state index contributed by atoms with van der Waals surface area (Å²) >= 11 is 6.23. The van der Waals surface area contributed by atoms with Crippen LogP contribution in [0.4, 0.5) is 4.79 Å². The van der Waals surface area contributed by atoms with Crippen LogP contribution >= 0.6 is 11.6 Å². The van der Waals surface area contributed by atoms with E-state index in [-0.39, 0.29) is 25.7 Å². The second-order valence-electron chi connectivity index (χ2n) is 7.57. The molecule has 2 aromatic rings. The molecule has 32 heavy (non-hydrogen) atoms. The van der Waals surface area contributed by atoms with Crippen LogP contribution in [0.5, 0.6) is 5.75 Å². The van der Waals surface area contributed by atoms with Gasteiger partial charge in [-0.2, -0.15) is 0 Å². The highest BCUT2D eigenvalue weighted by Crippen LogP contribution is 2.23. The fourth-order valence-corrected chi connectivity index (χ4v) is 3.15. The molecular formula is C24H30ClNO6. The first-order valence-corrected chi connectivity index (χ1v) is 10.9. The molecule has 0 bridgehead atoms. The lowest BCUT2D eigenvalue weighted by atomic mass is 10.0. The average Bonchev–Trinajstić information content (AvgIpc) is 2.75. The number of amides is 1. The number of hydrogen-bond donors (Lipinski definition) is 2. The molecule has 7 nitrogen and oxygen atoms in total. The van der Waals surface area contributed by atoms with Crippen LogP contribution in [0.25, 0.3) is 0 Å². The Morgan fingerprint density at radius 1 is 1.12 bits per heavy atom. The van der Waals surface area contributed by atoms with Gasteiger partial charge in [0, 0.05) is 18.5 Å². The lowest BCUT2D eigenvalue weighted by molar-refractivity contribution is -0.153. The van der Waals surface area contributed by atoms with Gasteiger partial charge in [0.05, 0.1) is 17.7 Å². The van der Waals surface area contributed by atoms with Crippen LogP contribution in [-0.2, 0) is 33.8 Å².